The first-order valence-electron chi connectivity index (χ1n) is 6.85. The van der Waals surface area contributed by atoms with E-state index in [-0.39, 0.29) is 17.6 Å². The zero-order valence-corrected chi connectivity index (χ0v) is 12.8. The topological polar surface area (TPSA) is 66.8 Å². The van der Waals surface area contributed by atoms with Crippen LogP contribution in [0.3, 0.4) is 0 Å². The minimum absolute atomic E-state index is 0.111. The van der Waals surface area contributed by atoms with Crippen molar-refractivity contribution in [1.82, 2.24) is 4.31 Å². The molecule has 0 amide bonds. The molecule has 5 nitrogen and oxygen atoms in total. The molecule has 0 spiro atoms. The smallest absolute Gasteiger partial charge is 0.243 e. The van der Waals surface area contributed by atoms with Crippen LogP contribution in [0.2, 0.25) is 0 Å². The van der Waals surface area contributed by atoms with Crippen LogP contribution in [0.4, 0.5) is 0 Å². The summed E-state index contributed by atoms with van der Waals surface area (Å²) in [6.07, 6.45) is 0.577. The highest BCUT2D eigenvalue weighted by molar-refractivity contribution is 7.89. The zero-order valence-electron chi connectivity index (χ0n) is 11.9. The van der Waals surface area contributed by atoms with Crippen molar-refractivity contribution in [2.45, 2.75) is 24.3 Å². The van der Waals surface area contributed by atoms with E-state index in [1.165, 1.54) is 10.4 Å². The maximum Gasteiger partial charge on any atom is 0.243 e. The van der Waals surface area contributed by atoms with Gasteiger partial charge >= 0.3 is 0 Å². The van der Waals surface area contributed by atoms with Crippen LogP contribution in [0.15, 0.2) is 29.2 Å². The van der Waals surface area contributed by atoms with Gasteiger partial charge in [-0.2, -0.15) is 4.31 Å². The summed E-state index contributed by atoms with van der Waals surface area (Å²) in [4.78, 5) is 0.223. The molecule has 0 radical (unpaired) electrons. The van der Waals surface area contributed by atoms with E-state index in [4.69, 9.17) is 9.84 Å². The second kappa shape index (κ2) is 7.05. The molecule has 0 saturated carbocycles. The van der Waals surface area contributed by atoms with Gasteiger partial charge in [0.05, 0.1) is 11.0 Å². The van der Waals surface area contributed by atoms with Crippen LogP contribution < -0.4 is 0 Å². The molecule has 1 aliphatic heterocycles. The molecule has 0 aliphatic carbocycles. The van der Waals surface area contributed by atoms with Gasteiger partial charge in [0.1, 0.15) is 6.61 Å². The lowest BCUT2D eigenvalue weighted by Gasteiger charge is -2.21. The monoisotopic (exact) mass is 309 g/mol. The molecule has 1 aromatic rings. The van der Waals surface area contributed by atoms with Gasteiger partial charge in [-0.05, 0) is 31.5 Å². The van der Waals surface area contributed by atoms with Crippen molar-refractivity contribution in [2.24, 2.45) is 0 Å². The van der Waals surface area contributed by atoms with E-state index in [0.717, 1.165) is 0 Å². The van der Waals surface area contributed by atoms with E-state index in [2.05, 4.69) is 11.8 Å². The highest BCUT2D eigenvalue weighted by Crippen LogP contribution is 2.19. The van der Waals surface area contributed by atoms with Gasteiger partial charge in [0.2, 0.25) is 10.0 Å². The van der Waals surface area contributed by atoms with E-state index in [9.17, 15) is 8.42 Å². The Bertz CT molecular complexity index is 645. The van der Waals surface area contributed by atoms with Crippen LogP contribution in [-0.2, 0) is 14.8 Å². The summed E-state index contributed by atoms with van der Waals surface area (Å²) in [6, 6.07) is 6.48. The molecule has 1 heterocycles. The molecule has 0 bridgehead atoms. The lowest BCUT2D eigenvalue weighted by Crippen LogP contribution is -2.35. The fourth-order valence-corrected chi connectivity index (χ4v) is 3.80. The molecule has 1 unspecified atom stereocenters. The minimum Gasteiger partial charge on any atom is -0.384 e. The predicted octanol–water partition coefficient (Wildman–Crippen LogP) is 0.830. The maximum atomic E-state index is 12.7. The van der Waals surface area contributed by atoms with Crippen molar-refractivity contribution in [3.63, 3.8) is 0 Å². The van der Waals surface area contributed by atoms with E-state index in [1.54, 1.807) is 18.2 Å². The summed E-state index contributed by atoms with van der Waals surface area (Å²) >= 11 is 0. The van der Waals surface area contributed by atoms with Gasteiger partial charge in [-0.15, -0.1) is 0 Å². The number of rotatable bonds is 2. The van der Waals surface area contributed by atoms with Gasteiger partial charge in [0.25, 0.3) is 0 Å². The van der Waals surface area contributed by atoms with Crippen LogP contribution in [0.5, 0.6) is 0 Å². The average Bonchev–Trinajstić information content (AvgIpc) is 2.70. The first kappa shape index (κ1) is 16.0. The molecule has 1 N–H and O–H groups in total. The highest BCUT2D eigenvalue weighted by Gasteiger charge is 2.27. The van der Waals surface area contributed by atoms with Crippen LogP contribution in [0.1, 0.15) is 18.9 Å². The highest BCUT2D eigenvalue weighted by atomic mass is 32.2. The fraction of sp³-hybridized carbons (Fsp3) is 0.467. The van der Waals surface area contributed by atoms with Gasteiger partial charge in [-0.25, -0.2) is 8.42 Å². The molecule has 2 rings (SSSR count). The van der Waals surface area contributed by atoms with Crippen LogP contribution in [0, 0.1) is 11.8 Å². The SMILES string of the molecule is CC1CN(S(=O)(=O)c2cccc(C#CCO)c2)CCCO1. The van der Waals surface area contributed by atoms with Gasteiger partial charge in [-0.1, -0.05) is 17.9 Å². The van der Waals surface area contributed by atoms with E-state index < -0.39 is 10.0 Å². The van der Waals surface area contributed by atoms with E-state index in [1.807, 2.05) is 6.92 Å². The largest absolute Gasteiger partial charge is 0.384 e. The number of nitrogens with zero attached hydrogens (tertiary/aromatic N) is 1. The third-order valence-electron chi connectivity index (χ3n) is 3.20. The Labute approximate surface area is 125 Å². The van der Waals surface area contributed by atoms with Crippen molar-refractivity contribution in [3.8, 4) is 11.8 Å². The van der Waals surface area contributed by atoms with Crippen molar-refractivity contribution >= 4 is 10.0 Å². The van der Waals surface area contributed by atoms with Crippen molar-refractivity contribution in [1.29, 1.82) is 0 Å². The Hall–Kier alpha value is -1.39. The summed E-state index contributed by atoms with van der Waals surface area (Å²) in [6.45, 7) is 3.01. The van der Waals surface area contributed by atoms with Gasteiger partial charge in [0, 0.05) is 25.3 Å². The Kier molecular flexibility index (Phi) is 5.37. The Balaban J connectivity index is 2.30. The molecule has 1 atom stereocenters. The van der Waals surface area contributed by atoms with E-state index >= 15 is 0 Å². The molecule has 21 heavy (non-hydrogen) atoms. The van der Waals surface area contributed by atoms with Gasteiger partial charge in [0.15, 0.2) is 0 Å². The van der Waals surface area contributed by atoms with Gasteiger partial charge in [-0.3, -0.25) is 0 Å². The molecule has 1 aromatic carbocycles. The lowest BCUT2D eigenvalue weighted by molar-refractivity contribution is 0.0752. The summed E-state index contributed by atoms with van der Waals surface area (Å²) in [5.74, 6) is 5.24. The molecule has 0 aromatic heterocycles. The number of benzene rings is 1. The Morgan fingerprint density at radius 2 is 2.29 bits per heavy atom. The standard InChI is InChI=1S/C15H19NO4S/c1-13-12-16(8-4-10-20-13)21(18,19)15-7-2-5-14(11-15)6-3-9-17/h2,5,7,11,13,17H,4,8-10,12H2,1H3. The quantitative estimate of drug-likeness (QED) is 0.822. The van der Waals surface area contributed by atoms with Gasteiger partial charge < -0.3 is 9.84 Å². The third kappa shape index (κ3) is 4.05. The van der Waals surface area contributed by atoms with Crippen LogP contribution >= 0.6 is 0 Å². The number of aliphatic hydroxyl groups excluding tert-OH is 1. The minimum atomic E-state index is -3.54. The number of ether oxygens (including phenoxy) is 1. The maximum absolute atomic E-state index is 12.7. The van der Waals surface area contributed by atoms with E-state index in [0.29, 0.717) is 31.7 Å². The average molecular weight is 309 g/mol. The molecule has 1 fully saturated rings. The summed E-state index contributed by atoms with van der Waals surface area (Å²) in [5, 5.41) is 8.71. The number of hydrogen-bond acceptors (Lipinski definition) is 4. The first-order valence-corrected chi connectivity index (χ1v) is 8.29. The van der Waals surface area contributed by atoms with Crippen molar-refractivity contribution < 1.29 is 18.3 Å². The molecule has 114 valence electrons. The normalized spacial score (nSPS) is 20.4. The zero-order chi connectivity index (χ0) is 15.3. The fourth-order valence-electron chi connectivity index (χ4n) is 2.20. The molecular weight excluding hydrogens is 290 g/mol. The second-order valence-corrected chi connectivity index (χ2v) is 6.82. The summed E-state index contributed by atoms with van der Waals surface area (Å²) < 4.78 is 32.3. The molecule has 1 saturated heterocycles. The second-order valence-electron chi connectivity index (χ2n) is 4.89. The Morgan fingerprint density at radius 1 is 1.48 bits per heavy atom. The van der Waals surface area contributed by atoms with Crippen molar-refractivity contribution in [3.05, 3.63) is 29.8 Å². The van der Waals surface area contributed by atoms with Crippen LogP contribution in [-0.4, -0.2) is 50.2 Å². The Morgan fingerprint density at radius 3 is 3.05 bits per heavy atom. The number of sulfonamides is 1. The summed E-state index contributed by atoms with van der Waals surface area (Å²) in [7, 11) is -3.54. The predicted molar refractivity (Wildman–Crippen MR) is 79.2 cm³/mol. The molecule has 6 heteroatoms. The molecular formula is C15H19NO4S. The third-order valence-corrected chi connectivity index (χ3v) is 5.06. The number of hydrogen-bond donors (Lipinski definition) is 1. The van der Waals surface area contributed by atoms with Crippen molar-refractivity contribution in [2.75, 3.05) is 26.3 Å². The summed E-state index contributed by atoms with van der Waals surface area (Å²) in [5.41, 5.74) is 0.573. The number of aliphatic hydroxyl groups is 1. The van der Waals surface area contributed by atoms with Crippen LogP contribution in [0.25, 0.3) is 0 Å². The molecule has 1 aliphatic rings. The lowest BCUT2D eigenvalue weighted by atomic mass is 10.2. The first-order chi connectivity index (χ1) is 10.0.